The molecule has 0 N–H and O–H groups in total. The van der Waals surface area contributed by atoms with Crippen molar-refractivity contribution in [3.63, 3.8) is 0 Å². The molecule has 0 heterocycles. The van der Waals surface area contributed by atoms with Gasteiger partial charge < -0.3 is 0 Å². The highest BCUT2D eigenvalue weighted by atomic mass is 28.2. The van der Waals surface area contributed by atoms with E-state index in [9.17, 15) is 0 Å². The summed E-state index contributed by atoms with van der Waals surface area (Å²) in [6, 6.07) is 2.52. The van der Waals surface area contributed by atoms with Crippen molar-refractivity contribution in [2.24, 2.45) is 0 Å². The molecule has 0 rings (SSSR count). The van der Waals surface area contributed by atoms with Crippen LogP contribution in [0.5, 0.6) is 0 Å². The third-order valence-corrected chi connectivity index (χ3v) is 1.62. The second-order valence-electron chi connectivity index (χ2n) is 1.10. The van der Waals surface area contributed by atoms with E-state index < -0.39 is 0 Å². The van der Waals surface area contributed by atoms with Gasteiger partial charge in [0.05, 0.1) is 0 Å². The summed E-state index contributed by atoms with van der Waals surface area (Å²) in [7, 11) is 1.10. The van der Waals surface area contributed by atoms with E-state index >= 15 is 0 Å². The summed E-state index contributed by atoms with van der Waals surface area (Å²) >= 11 is 0. The highest BCUT2D eigenvalue weighted by Gasteiger charge is 1.73. The molecule has 0 aliphatic rings. The van der Waals surface area contributed by atoms with Crippen LogP contribution < -0.4 is 0 Å². The predicted molar refractivity (Wildman–Crippen MR) is 31.2 cm³/mol. The van der Waals surface area contributed by atoms with Crippen molar-refractivity contribution in [3.8, 4) is 0 Å². The number of hydrogen-bond donors (Lipinski definition) is 0. The maximum Gasteiger partial charge on any atom is 0.0417 e. The van der Waals surface area contributed by atoms with Crippen LogP contribution in [0.2, 0.25) is 12.1 Å². The molecular weight excluding hydrogens is 88.1 g/mol. The molecule has 0 aliphatic heterocycles. The Labute approximate surface area is 42.1 Å². The van der Waals surface area contributed by atoms with E-state index in [1.165, 1.54) is 12.1 Å². The maximum atomic E-state index is 3.61. The summed E-state index contributed by atoms with van der Waals surface area (Å²) in [5.74, 6) is 0. The summed E-state index contributed by atoms with van der Waals surface area (Å²) in [5, 5.41) is 0. The van der Waals surface area contributed by atoms with Crippen LogP contribution in [0.25, 0.3) is 0 Å². The quantitative estimate of drug-likeness (QED) is 0.286. The largest absolute Gasteiger partial charge is 0.103 e. The lowest BCUT2D eigenvalue weighted by atomic mass is 10.8. The Morgan fingerprint density at radius 3 is 2.67 bits per heavy atom. The lowest BCUT2D eigenvalue weighted by molar-refractivity contribution is 1.43. The molecule has 6 heavy (non-hydrogen) atoms. The van der Waals surface area contributed by atoms with Crippen molar-refractivity contribution in [1.29, 1.82) is 0 Å². The zero-order valence-corrected chi connectivity index (χ0v) is 5.20. The summed E-state index contributed by atoms with van der Waals surface area (Å²) in [4.78, 5) is 0. The van der Waals surface area contributed by atoms with Gasteiger partial charge in [0.25, 0.3) is 0 Å². The van der Waals surface area contributed by atoms with E-state index in [2.05, 4.69) is 13.5 Å². The normalized spacial score (nSPS) is 8.17. The van der Waals surface area contributed by atoms with Gasteiger partial charge >= 0.3 is 0 Å². The zero-order valence-electron chi connectivity index (χ0n) is 4.20. The van der Waals surface area contributed by atoms with E-state index in [1.807, 2.05) is 6.08 Å². The molecule has 0 aromatic heterocycles. The Hall–Kier alpha value is -0.0431. The van der Waals surface area contributed by atoms with Gasteiger partial charge in [-0.3, -0.25) is 0 Å². The van der Waals surface area contributed by atoms with Crippen LogP contribution in [0.4, 0.5) is 0 Å². The smallest absolute Gasteiger partial charge is 0.0417 e. The van der Waals surface area contributed by atoms with Gasteiger partial charge in [0.2, 0.25) is 0 Å². The van der Waals surface area contributed by atoms with Crippen molar-refractivity contribution in [2.45, 2.75) is 19.0 Å². The Balaban J connectivity index is 2.49. The van der Waals surface area contributed by atoms with Gasteiger partial charge in [-0.25, -0.2) is 0 Å². The van der Waals surface area contributed by atoms with Gasteiger partial charge in [-0.15, -0.1) is 6.58 Å². The molecule has 0 spiro atoms. The molecule has 0 saturated carbocycles. The minimum atomic E-state index is 1.10. The summed E-state index contributed by atoms with van der Waals surface area (Å²) in [6.07, 6.45) is 1.97. The molecule has 0 nitrogen and oxygen atoms in total. The van der Waals surface area contributed by atoms with Crippen LogP contribution >= 0.6 is 0 Å². The molecule has 0 bridgehead atoms. The fourth-order valence-corrected chi connectivity index (χ4v) is 0.739. The third kappa shape index (κ3) is 3.96. The second kappa shape index (κ2) is 4.96. The highest BCUT2D eigenvalue weighted by Crippen LogP contribution is 1.81. The van der Waals surface area contributed by atoms with Crippen LogP contribution in [-0.2, 0) is 0 Å². The average molecular weight is 98.2 g/mol. The molecule has 0 aromatic rings. The number of hydrogen-bond acceptors (Lipinski definition) is 0. The predicted octanol–water partition coefficient (Wildman–Crippen LogP) is 1.73. The van der Waals surface area contributed by atoms with E-state index in [0.29, 0.717) is 0 Å². The molecule has 0 amide bonds. The Bertz CT molecular complexity index is 32.9. The minimum absolute atomic E-state index is 1.10. The Kier molecular flexibility index (Phi) is 4.92. The summed E-state index contributed by atoms with van der Waals surface area (Å²) in [6.45, 7) is 5.80. The first-order valence-corrected chi connectivity index (χ1v) is 3.64. The third-order valence-electron chi connectivity index (χ3n) is 0.539. The first-order chi connectivity index (χ1) is 2.91. The Morgan fingerprint density at radius 1 is 1.83 bits per heavy atom. The van der Waals surface area contributed by atoms with Crippen LogP contribution in [0.3, 0.4) is 0 Å². The van der Waals surface area contributed by atoms with Gasteiger partial charge in [0.15, 0.2) is 0 Å². The first kappa shape index (κ1) is 5.96. The average Bonchev–Trinajstić information content (AvgIpc) is 1.61. The fraction of sp³-hybridized carbons (Fsp3) is 0.600. The molecular formula is C5H10Si. The first-order valence-electron chi connectivity index (χ1n) is 2.23. The molecule has 0 saturated heterocycles. The number of rotatable bonds is 3. The SMILES string of the molecule is C=CC[Si]CC. The van der Waals surface area contributed by atoms with Crippen LogP contribution in [0.1, 0.15) is 6.92 Å². The molecule has 34 valence electrons. The molecule has 2 radical (unpaired) electrons. The second-order valence-corrected chi connectivity index (χ2v) is 2.71. The maximum absolute atomic E-state index is 3.61. The van der Waals surface area contributed by atoms with Gasteiger partial charge in [0, 0.05) is 9.52 Å². The minimum Gasteiger partial charge on any atom is -0.103 e. The lowest BCUT2D eigenvalue weighted by Crippen LogP contribution is -1.78. The summed E-state index contributed by atoms with van der Waals surface area (Å²) in [5.41, 5.74) is 0. The highest BCUT2D eigenvalue weighted by molar-refractivity contribution is 6.35. The van der Waals surface area contributed by atoms with Gasteiger partial charge in [-0.05, 0) is 6.04 Å². The summed E-state index contributed by atoms with van der Waals surface area (Å²) < 4.78 is 0. The van der Waals surface area contributed by atoms with E-state index in [4.69, 9.17) is 0 Å². The number of allylic oxidation sites excluding steroid dienone is 1. The van der Waals surface area contributed by atoms with Crippen molar-refractivity contribution in [3.05, 3.63) is 12.7 Å². The van der Waals surface area contributed by atoms with E-state index in [-0.39, 0.29) is 0 Å². The van der Waals surface area contributed by atoms with Crippen LogP contribution in [0, 0.1) is 0 Å². The van der Waals surface area contributed by atoms with Crippen LogP contribution in [-0.4, -0.2) is 9.52 Å². The molecule has 0 unspecified atom stereocenters. The molecule has 0 aliphatic carbocycles. The fourth-order valence-electron chi connectivity index (χ4n) is 0.246. The van der Waals surface area contributed by atoms with E-state index in [1.54, 1.807) is 0 Å². The monoisotopic (exact) mass is 98.1 g/mol. The zero-order chi connectivity index (χ0) is 4.83. The lowest BCUT2D eigenvalue weighted by Gasteiger charge is -1.79. The van der Waals surface area contributed by atoms with Gasteiger partial charge in [-0.2, -0.15) is 0 Å². The molecule has 0 aromatic carbocycles. The standard InChI is InChI=1S/C5H10Si/c1-3-5-6-4-2/h3H,1,4-5H2,2H3. The van der Waals surface area contributed by atoms with Crippen LogP contribution in [0.15, 0.2) is 12.7 Å². The molecule has 1 heteroatoms. The van der Waals surface area contributed by atoms with Crippen molar-refractivity contribution >= 4 is 9.52 Å². The van der Waals surface area contributed by atoms with Crippen molar-refractivity contribution in [2.75, 3.05) is 0 Å². The van der Waals surface area contributed by atoms with Crippen molar-refractivity contribution in [1.82, 2.24) is 0 Å². The van der Waals surface area contributed by atoms with Gasteiger partial charge in [-0.1, -0.05) is 19.0 Å². The van der Waals surface area contributed by atoms with Crippen molar-refractivity contribution < 1.29 is 0 Å². The molecule has 0 atom stereocenters. The van der Waals surface area contributed by atoms with E-state index in [0.717, 1.165) is 9.52 Å². The molecule has 0 fully saturated rings. The van der Waals surface area contributed by atoms with Gasteiger partial charge in [0.1, 0.15) is 0 Å². The topological polar surface area (TPSA) is 0 Å². The Morgan fingerprint density at radius 2 is 2.50 bits per heavy atom.